The zero-order valence-corrected chi connectivity index (χ0v) is 14.0. The highest BCUT2D eigenvalue weighted by Gasteiger charge is 2.15. The Labute approximate surface area is 146 Å². The predicted octanol–water partition coefficient (Wildman–Crippen LogP) is 1.92. The number of carbonyl (C=O) groups excluding carboxylic acids is 1. The monoisotopic (exact) mass is 335 g/mol. The summed E-state index contributed by atoms with van der Waals surface area (Å²) in [6.45, 7) is 2.46. The molecule has 1 amide bonds. The highest BCUT2D eigenvalue weighted by atomic mass is 16.2. The van der Waals surface area contributed by atoms with Crippen LogP contribution in [0.4, 0.5) is 5.69 Å². The molecule has 6 heteroatoms. The van der Waals surface area contributed by atoms with Crippen LogP contribution in [0.15, 0.2) is 48.2 Å². The van der Waals surface area contributed by atoms with Crippen LogP contribution in [0.25, 0.3) is 16.8 Å². The smallest absolute Gasteiger partial charge is 0.269 e. The number of anilines is 1. The summed E-state index contributed by atoms with van der Waals surface area (Å²) in [4.78, 5) is 12.0. The van der Waals surface area contributed by atoms with E-state index in [0.29, 0.717) is 23.4 Å². The van der Waals surface area contributed by atoms with Gasteiger partial charge in [-0.15, -0.1) is 0 Å². The Balaban J connectivity index is 2.47. The van der Waals surface area contributed by atoms with Crippen molar-refractivity contribution in [1.82, 2.24) is 5.32 Å². The van der Waals surface area contributed by atoms with Crippen LogP contribution in [0.1, 0.15) is 24.5 Å². The van der Waals surface area contributed by atoms with Crippen LogP contribution < -0.4 is 22.5 Å². The number of rotatable bonds is 5. The zero-order chi connectivity index (χ0) is 18.4. The third-order valence-electron chi connectivity index (χ3n) is 3.77. The van der Waals surface area contributed by atoms with Gasteiger partial charge in [0.05, 0.1) is 17.3 Å². The molecule has 0 fully saturated rings. The quantitative estimate of drug-likeness (QED) is 0.490. The van der Waals surface area contributed by atoms with Crippen molar-refractivity contribution in [3.8, 4) is 17.2 Å². The second-order valence-electron chi connectivity index (χ2n) is 5.54. The average molecular weight is 335 g/mol. The third-order valence-corrected chi connectivity index (χ3v) is 3.77. The van der Waals surface area contributed by atoms with Crippen molar-refractivity contribution in [3.05, 3.63) is 59.3 Å². The first-order chi connectivity index (χ1) is 12.0. The second kappa shape index (κ2) is 7.88. The fraction of sp³-hybridized carbons (Fsp3) is 0.158. The summed E-state index contributed by atoms with van der Waals surface area (Å²) in [6.07, 6.45) is 0.797. The van der Waals surface area contributed by atoms with Gasteiger partial charge in [0.1, 0.15) is 5.70 Å². The fourth-order valence-corrected chi connectivity index (χ4v) is 2.41. The standard InChI is InChI=1S/C19H21N5O/c1-2-9-24-19(25)18(23)17(22)15-8-4-7-14(16(15)21)13-6-3-5-12(10-13)11-20/h3-8,10H,2,9,21-23H2,1H3,(H,24,25)/b18-17+. The number of nitrogens with one attached hydrogen (secondary N) is 1. The predicted molar refractivity (Wildman–Crippen MR) is 99.6 cm³/mol. The molecule has 0 unspecified atom stereocenters. The third kappa shape index (κ3) is 3.90. The number of hydrogen-bond donors (Lipinski definition) is 4. The number of benzene rings is 2. The van der Waals surface area contributed by atoms with Crippen molar-refractivity contribution in [2.24, 2.45) is 11.5 Å². The maximum atomic E-state index is 12.0. The summed E-state index contributed by atoms with van der Waals surface area (Å²) < 4.78 is 0. The largest absolute Gasteiger partial charge is 0.398 e. The van der Waals surface area contributed by atoms with E-state index >= 15 is 0 Å². The SMILES string of the molecule is CCCNC(=O)/C(N)=C(\N)c1cccc(-c2cccc(C#N)c2)c1N. The average Bonchev–Trinajstić information content (AvgIpc) is 2.65. The topological polar surface area (TPSA) is 131 Å². The van der Waals surface area contributed by atoms with Gasteiger partial charge in [0, 0.05) is 23.4 Å². The van der Waals surface area contributed by atoms with Crippen molar-refractivity contribution in [3.63, 3.8) is 0 Å². The molecule has 6 nitrogen and oxygen atoms in total. The van der Waals surface area contributed by atoms with E-state index in [-0.39, 0.29) is 11.4 Å². The Bertz CT molecular complexity index is 864. The van der Waals surface area contributed by atoms with E-state index in [4.69, 9.17) is 22.5 Å². The Hall–Kier alpha value is -3.46. The van der Waals surface area contributed by atoms with Gasteiger partial charge >= 0.3 is 0 Å². The first-order valence-electron chi connectivity index (χ1n) is 7.92. The number of nitriles is 1. The Morgan fingerprint density at radius 2 is 1.92 bits per heavy atom. The Morgan fingerprint density at radius 3 is 2.60 bits per heavy atom. The molecule has 25 heavy (non-hydrogen) atoms. The molecule has 0 radical (unpaired) electrons. The molecule has 0 heterocycles. The second-order valence-corrected chi connectivity index (χ2v) is 5.54. The zero-order valence-electron chi connectivity index (χ0n) is 14.0. The minimum Gasteiger partial charge on any atom is -0.398 e. The van der Waals surface area contributed by atoms with Crippen molar-refractivity contribution in [1.29, 1.82) is 5.26 Å². The molecule has 0 spiro atoms. The van der Waals surface area contributed by atoms with Crippen molar-refractivity contribution in [2.45, 2.75) is 13.3 Å². The number of nitrogens with two attached hydrogens (primary N) is 3. The highest BCUT2D eigenvalue weighted by molar-refractivity contribution is 6.01. The van der Waals surface area contributed by atoms with Crippen LogP contribution in [0.3, 0.4) is 0 Å². The lowest BCUT2D eigenvalue weighted by Gasteiger charge is -2.14. The molecule has 0 saturated heterocycles. The lowest BCUT2D eigenvalue weighted by atomic mass is 9.97. The summed E-state index contributed by atoms with van der Waals surface area (Å²) in [5, 5.41) is 11.7. The molecule has 7 N–H and O–H groups in total. The van der Waals surface area contributed by atoms with Gasteiger partial charge in [-0.1, -0.05) is 37.3 Å². The van der Waals surface area contributed by atoms with E-state index < -0.39 is 5.91 Å². The molecule has 0 aromatic heterocycles. The lowest BCUT2D eigenvalue weighted by molar-refractivity contribution is -0.117. The molecule has 0 aliphatic heterocycles. The van der Waals surface area contributed by atoms with Gasteiger partial charge in [-0.25, -0.2) is 0 Å². The molecule has 0 aliphatic carbocycles. The summed E-state index contributed by atoms with van der Waals surface area (Å²) in [5.41, 5.74) is 21.2. The molecule has 2 aromatic rings. The number of hydrogen-bond acceptors (Lipinski definition) is 5. The van der Waals surface area contributed by atoms with Crippen LogP contribution >= 0.6 is 0 Å². The number of nitrogen functional groups attached to an aromatic ring is 1. The Morgan fingerprint density at radius 1 is 1.20 bits per heavy atom. The number of carbonyl (C=O) groups is 1. The Kier molecular flexibility index (Phi) is 5.64. The van der Waals surface area contributed by atoms with Crippen molar-refractivity contribution < 1.29 is 4.79 Å². The summed E-state index contributed by atoms with van der Waals surface area (Å²) in [7, 11) is 0. The number of para-hydroxylation sites is 1. The minimum atomic E-state index is -0.421. The van der Waals surface area contributed by atoms with Crippen LogP contribution in [-0.4, -0.2) is 12.5 Å². The first-order valence-corrected chi connectivity index (χ1v) is 7.92. The van der Waals surface area contributed by atoms with E-state index in [1.165, 1.54) is 0 Å². The van der Waals surface area contributed by atoms with Gasteiger partial charge in [-0.3, -0.25) is 4.79 Å². The molecular weight excluding hydrogens is 314 g/mol. The van der Waals surface area contributed by atoms with E-state index in [0.717, 1.165) is 17.5 Å². The summed E-state index contributed by atoms with van der Waals surface area (Å²) in [5.74, 6) is -0.421. The van der Waals surface area contributed by atoms with Gasteiger partial charge in [0.25, 0.3) is 5.91 Å². The number of amides is 1. The van der Waals surface area contributed by atoms with Gasteiger partial charge in [-0.05, 0) is 24.1 Å². The van der Waals surface area contributed by atoms with E-state index in [2.05, 4.69) is 11.4 Å². The minimum absolute atomic E-state index is 0.0666. The summed E-state index contributed by atoms with van der Waals surface area (Å²) in [6, 6.07) is 14.5. The molecule has 0 aliphatic rings. The molecule has 2 aromatic carbocycles. The van der Waals surface area contributed by atoms with Crippen LogP contribution in [0.5, 0.6) is 0 Å². The van der Waals surface area contributed by atoms with Crippen molar-refractivity contribution in [2.75, 3.05) is 12.3 Å². The van der Waals surface area contributed by atoms with Crippen LogP contribution in [-0.2, 0) is 4.79 Å². The molecule has 0 saturated carbocycles. The van der Waals surface area contributed by atoms with Gasteiger partial charge in [0.2, 0.25) is 0 Å². The molecule has 128 valence electrons. The molecular formula is C19H21N5O. The number of nitrogens with zero attached hydrogens (tertiary/aromatic N) is 1. The maximum absolute atomic E-state index is 12.0. The molecule has 2 rings (SSSR count). The van der Waals surface area contributed by atoms with Crippen LogP contribution in [0.2, 0.25) is 0 Å². The van der Waals surface area contributed by atoms with E-state index in [1.807, 2.05) is 19.1 Å². The van der Waals surface area contributed by atoms with E-state index in [1.54, 1.807) is 30.3 Å². The van der Waals surface area contributed by atoms with Gasteiger partial charge in [0.15, 0.2) is 0 Å². The molecule has 0 bridgehead atoms. The fourth-order valence-electron chi connectivity index (χ4n) is 2.41. The highest BCUT2D eigenvalue weighted by Crippen LogP contribution is 2.31. The van der Waals surface area contributed by atoms with E-state index in [9.17, 15) is 4.79 Å². The van der Waals surface area contributed by atoms with Crippen LogP contribution in [0, 0.1) is 11.3 Å². The maximum Gasteiger partial charge on any atom is 0.269 e. The normalized spacial score (nSPS) is 11.4. The molecule has 0 atom stereocenters. The van der Waals surface area contributed by atoms with Gasteiger partial charge in [-0.2, -0.15) is 5.26 Å². The first kappa shape index (κ1) is 17.9. The lowest BCUT2D eigenvalue weighted by Crippen LogP contribution is -2.31. The summed E-state index contributed by atoms with van der Waals surface area (Å²) >= 11 is 0. The van der Waals surface area contributed by atoms with Crippen molar-refractivity contribution >= 4 is 17.3 Å². The van der Waals surface area contributed by atoms with Gasteiger partial charge < -0.3 is 22.5 Å².